The SMILES string of the molecule is CC(CO)(CNC(=O)OC(C)(C)C)Cc1ccccc1F. The summed E-state index contributed by atoms with van der Waals surface area (Å²) in [6.45, 7) is 7.15. The second-order valence-electron chi connectivity index (χ2n) is 6.59. The third-order valence-electron chi connectivity index (χ3n) is 3.02. The largest absolute Gasteiger partial charge is 0.444 e. The van der Waals surface area contributed by atoms with Gasteiger partial charge in [0.15, 0.2) is 0 Å². The van der Waals surface area contributed by atoms with Gasteiger partial charge in [0.2, 0.25) is 0 Å². The zero-order valence-electron chi connectivity index (χ0n) is 13.1. The minimum Gasteiger partial charge on any atom is -0.444 e. The van der Waals surface area contributed by atoms with Gasteiger partial charge in [-0.1, -0.05) is 25.1 Å². The van der Waals surface area contributed by atoms with E-state index in [1.165, 1.54) is 6.07 Å². The molecule has 5 heteroatoms. The summed E-state index contributed by atoms with van der Waals surface area (Å²) in [6, 6.07) is 6.43. The molecule has 2 N–H and O–H groups in total. The first kappa shape index (κ1) is 17.4. The molecule has 1 unspecified atom stereocenters. The molecule has 21 heavy (non-hydrogen) atoms. The highest BCUT2D eigenvalue weighted by Gasteiger charge is 2.27. The van der Waals surface area contributed by atoms with Crippen molar-refractivity contribution in [3.63, 3.8) is 0 Å². The summed E-state index contributed by atoms with van der Waals surface area (Å²) in [7, 11) is 0. The van der Waals surface area contributed by atoms with E-state index in [9.17, 15) is 14.3 Å². The van der Waals surface area contributed by atoms with Crippen LogP contribution in [0.4, 0.5) is 9.18 Å². The van der Waals surface area contributed by atoms with E-state index in [2.05, 4.69) is 5.32 Å². The molecule has 0 fully saturated rings. The average molecular weight is 297 g/mol. The Labute approximate surface area is 125 Å². The standard InChI is InChI=1S/C16H24FNO3/c1-15(2,3)21-14(20)18-10-16(4,11-19)9-12-7-5-6-8-13(12)17/h5-8,19H,9-11H2,1-4H3,(H,18,20). The van der Waals surface area contributed by atoms with Gasteiger partial charge in [0.05, 0.1) is 6.61 Å². The summed E-state index contributed by atoms with van der Waals surface area (Å²) in [5.41, 5.74) is -0.718. The van der Waals surface area contributed by atoms with Crippen LogP contribution < -0.4 is 5.32 Å². The number of halogens is 1. The van der Waals surface area contributed by atoms with Gasteiger partial charge in [-0.2, -0.15) is 0 Å². The Morgan fingerprint density at radius 1 is 1.29 bits per heavy atom. The summed E-state index contributed by atoms with van der Waals surface area (Å²) >= 11 is 0. The van der Waals surface area contributed by atoms with E-state index in [1.54, 1.807) is 45.9 Å². The highest BCUT2D eigenvalue weighted by molar-refractivity contribution is 5.67. The second-order valence-corrected chi connectivity index (χ2v) is 6.59. The van der Waals surface area contributed by atoms with Gasteiger partial charge in [0.25, 0.3) is 0 Å². The van der Waals surface area contributed by atoms with Crippen molar-refractivity contribution < 1.29 is 19.0 Å². The third-order valence-corrected chi connectivity index (χ3v) is 3.02. The number of carbonyl (C=O) groups excluding carboxylic acids is 1. The lowest BCUT2D eigenvalue weighted by atomic mass is 9.84. The number of rotatable bonds is 5. The molecular formula is C16H24FNO3. The molecule has 1 aromatic rings. The first-order valence-corrected chi connectivity index (χ1v) is 6.96. The molecule has 0 spiro atoms. The fourth-order valence-corrected chi connectivity index (χ4v) is 1.88. The lowest BCUT2D eigenvalue weighted by molar-refractivity contribution is 0.0478. The van der Waals surface area contributed by atoms with Crippen LogP contribution in [0.5, 0.6) is 0 Å². The Hall–Kier alpha value is -1.62. The van der Waals surface area contributed by atoms with Crippen LogP contribution in [-0.4, -0.2) is 30.0 Å². The maximum Gasteiger partial charge on any atom is 0.407 e. The van der Waals surface area contributed by atoms with E-state index in [4.69, 9.17) is 4.74 Å². The van der Waals surface area contributed by atoms with Crippen LogP contribution in [0, 0.1) is 11.2 Å². The van der Waals surface area contributed by atoms with Crippen molar-refractivity contribution in [2.45, 2.75) is 39.7 Å². The Bertz CT molecular complexity index is 485. The van der Waals surface area contributed by atoms with Crippen molar-refractivity contribution in [1.29, 1.82) is 0 Å². The van der Waals surface area contributed by atoms with Crippen LogP contribution >= 0.6 is 0 Å². The highest BCUT2D eigenvalue weighted by Crippen LogP contribution is 2.23. The molecule has 0 aliphatic heterocycles. The molecule has 0 bridgehead atoms. The molecule has 0 aliphatic rings. The van der Waals surface area contributed by atoms with E-state index < -0.39 is 17.1 Å². The van der Waals surface area contributed by atoms with Gasteiger partial charge in [0, 0.05) is 12.0 Å². The van der Waals surface area contributed by atoms with Crippen molar-refractivity contribution in [2.24, 2.45) is 5.41 Å². The van der Waals surface area contributed by atoms with E-state index in [0.717, 1.165) is 0 Å². The van der Waals surface area contributed by atoms with Crippen LogP contribution in [-0.2, 0) is 11.2 Å². The number of carbonyl (C=O) groups is 1. The number of hydrogen-bond donors (Lipinski definition) is 2. The first-order chi connectivity index (χ1) is 9.65. The molecule has 0 heterocycles. The van der Waals surface area contributed by atoms with E-state index in [1.807, 2.05) is 0 Å². The molecule has 1 rings (SSSR count). The number of ether oxygens (including phenoxy) is 1. The van der Waals surface area contributed by atoms with Crippen molar-refractivity contribution in [3.8, 4) is 0 Å². The zero-order valence-corrected chi connectivity index (χ0v) is 13.1. The molecule has 1 atom stereocenters. The molecule has 0 saturated carbocycles. The van der Waals surface area contributed by atoms with Gasteiger partial charge >= 0.3 is 6.09 Å². The summed E-state index contributed by atoms with van der Waals surface area (Å²) in [4.78, 5) is 11.7. The summed E-state index contributed by atoms with van der Waals surface area (Å²) in [6.07, 6.45) is -0.220. The number of aliphatic hydroxyl groups excluding tert-OH is 1. The monoisotopic (exact) mass is 297 g/mol. The summed E-state index contributed by atoms with van der Waals surface area (Å²) in [5.74, 6) is -0.311. The average Bonchev–Trinajstić information content (AvgIpc) is 2.37. The van der Waals surface area contributed by atoms with Crippen LogP contribution in [0.3, 0.4) is 0 Å². The lowest BCUT2D eigenvalue weighted by Crippen LogP contribution is -2.41. The zero-order chi connectivity index (χ0) is 16.1. The minimum absolute atomic E-state index is 0.170. The van der Waals surface area contributed by atoms with E-state index >= 15 is 0 Å². The van der Waals surface area contributed by atoms with Gasteiger partial charge in [-0.15, -0.1) is 0 Å². The number of amides is 1. The highest BCUT2D eigenvalue weighted by atomic mass is 19.1. The maximum atomic E-state index is 13.7. The molecular weight excluding hydrogens is 273 g/mol. The molecule has 1 aromatic carbocycles. The van der Waals surface area contributed by atoms with Crippen molar-refractivity contribution in [1.82, 2.24) is 5.32 Å². The number of aliphatic hydroxyl groups is 1. The maximum absolute atomic E-state index is 13.7. The Morgan fingerprint density at radius 3 is 2.43 bits per heavy atom. The predicted octanol–water partition coefficient (Wildman–Crippen LogP) is 2.89. The Balaban J connectivity index is 2.64. The fraction of sp³-hybridized carbons (Fsp3) is 0.562. The molecule has 0 aromatic heterocycles. The Morgan fingerprint density at radius 2 is 1.90 bits per heavy atom. The molecule has 1 amide bonds. The summed E-state index contributed by atoms with van der Waals surface area (Å²) in [5, 5.41) is 12.2. The van der Waals surface area contributed by atoms with E-state index in [-0.39, 0.29) is 19.0 Å². The smallest absolute Gasteiger partial charge is 0.407 e. The molecule has 0 aliphatic carbocycles. The van der Waals surface area contributed by atoms with Crippen molar-refractivity contribution in [2.75, 3.05) is 13.2 Å². The third kappa shape index (κ3) is 6.12. The number of hydrogen-bond acceptors (Lipinski definition) is 3. The van der Waals surface area contributed by atoms with Crippen molar-refractivity contribution in [3.05, 3.63) is 35.6 Å². The van der Waals surface area contributed by atoms with Crippen LogP contribution in [0.2, 0.25) is 0 Å². The molecule has 118 valence electrons. The Kier molecular flexibility index (Phi) is 5.72. The fourth-order valence-electron chi connectivity index (χ4n) is 1.88. The number of alkyl carbamates (subject to hydrolysis) is 1. The van der Waals surface area contributed by atoms with Crippen LogP contribution in [0.1, 0.15) is 33.3 Å². The van der Waals surface area contributed by atoms with Gasteiger partial charge in [0.1, 0.15) is 11.4 Å². The quantitative estimate of drug-likeness (QED) is 0.878. The van der Waals surface area contributed by atoms with Gasteiger partial charge in [-0.3, -0.25) is 0 Å². The van der Waals surface area contributed by atoms with Gasteiger partial charge in [-0.05, 0) is 38.8 Å². The van der Waals surface area contributed by atoms with Crippen LogP contribution in [0.15, 0.2) is 24.3 Å². The topological polar surface area (TPSA) is 58.6 Å². The van der Waals surface area contributed by atoms with Gasteiger partial charge in [-0.25, -0.2) is 9.18 Å². The number of benzene rings is 1. The number of nitrogens with one attached hydrogen (secondary N) is 1. The summed E-state index contributed by atoms with van der Waals surface area (Å²) < 4.78 is 18.8. The van der Waals surface area contributed by atoms with E-state index in [0.29, 0.717) is 12.0 Å². The predicted molar refractivity (Wildman–Crippen MR) is 79.5 cm³/mol. The molecule has 4 nitrogen and oxygen atoms in total. The van der Waals surface area contributed by atoms with Crippen LogP contribution in [0.25, 0.3) is 0 Å². The first-order valence-electron chi connectivity index (χ1n) is 6.96. The normalized spacial score (nSPS) is 14.4. The van der Waals surface area contributed by atoms with Gasteiger partial charge < -0.3 is 15.2 Å². The van der Waals surface area contributed by atoms with Crippen molar-refractivity contribution >= 4 is 6.09 Å². The second kappa shape index (κ2) is 6.89. The molecule has 0 saturated heterocycles. The lowest BCUT2D eigenvalue weighted by Gasteiger charge is -2.28. The molecule has 0 radical (unpaired) electrons. The minimum atomic E-state index is -0.654.